The second-order valence-electron chi connectivity index (χ2n) is 4.59. The lowest BCUT2D eigenvalue weighted by molar-refractivity contribution is -0.120. The summed E-state index contributed by atoms with van der Waals surface area (Å²) < 4.78 is 26.1. The maximum atomic E-state index is 12.0. The molecule has 0 saturated heterocycles. The number of amides is 1. The van der Waals surface area contributed by atoms with Gasteiger partial charge in [0.2, 0.25) is 5.91 Å². The number of pyridine rings is 1. The first-order valence-electron chi connectivity index (χ1n) is 5.99. The van der Waals surface area contributed by atoms with E-state index in [1.54, 1.807) is 18.2 Å². The largest absolute Gasteiger partial charge is 0.281 e. The number of aromatic nitrogens is 1. The van der Waals surface area contributed by atoms with Crippen molar-refractivity contribution in [2.45, 2.75) is 17.9 Å². The molecule has 2 aromatic rings. The minimum Gasteiger partial charge on any atom is -0.274 e. The number of rotatable bonds is 3. The fraction of sp³-hybridized carbons (Fsp3) is 0.231. The van der Waals surface area contributed by atoms with E-state index in [-0.39, 0.29) is 10.9 Å². The molecule has 0 radical (unpaired) electrons. The van der Waals surface area contributed by atoms with Gasteiger partial charge < -0.3 is 0 Å². The first-order chi connectivity index (χ1) is 9.06. The van der Waals surface area contributed by atoms with Crippen molar-refractivity contribution < 1.29 is 13.2 Å². The topological polar surface area (TPSA) is 76.1 Å². The van der Waals surface area contributed by atoms with Gasteiger partial charge in [0, 0.05) is 11.3 Å². The highest BCUT2D eigenvalue weighted by Gasteiger charge is 2.33. The Hall–Kier alpha value is -1.95. The highest BCUT2D eigenvalue weighted by atomic mass is 32.2. The van der Waals surface area contributed by atoms with E-state index in [1.807, 2.05) is 12.1 Å². The van der Waals surface area contributed by atoms with Gasteiger partial charge >= 0.3 is 0 Å². The van der Waals surface area contributed by atoms with Crippen LogP contribution < -0.4 is 4.72 Å². The van der Waals surface area contributed by atoms with E-state index >= 15 is 0 Å². The molecule has 3 rings (SSSR count). The number of fused-ring (bicyclic) bond motifs is 1. The van der Waals surface area contributed by atoms with Crippen LogP contribution in [-0.4, -0.2) is 19.3 Å². The van der Waals surface area contributed by atoms with Crippen LogP contribution in [0.25, 0.3) is 10.9 Å². The molecule has 1 saturated carbocycles. The lowest BCUT2D eigenvalue weighted by atomic mass is 10.2. The minimum atomic E-state index is -3.87. The van der Waals surface area contributed by atoms with E-state index in [4.69, 9.17) is 0 Å². The highest BCUT2D eigenvalue weighted by molar-refractivity contribution is 7.90. The standard InChI is InChI=1S/C13H12N2O3S/c16-13(10-5-6-10)15-19(17,18)12-8-7-9-3-1-2-4-11(9)14-12/h1-4,7-8,10H,5-6H2,(H,15,16). The molecule has 1 amide bonds. The van der Waals surface area contributed by atoms with Crippen LogP contribution in [0.5, 0.6) is 0 Å². The fourth-order valence-corrected chi connectivity index (χ4v) is 2.81. The summed E-state index contributed by atoms with van der Waals surface area (Å²) in [7, 11) is -3.87. The summed E-state index contributed by atoms with van der Waals surface area (Å²) in [6.45, 7) is 0. The molecular weight excluding hydrogens is 264 g/mol. The molecule has 0 aliphatic heterocycles. The number of benzene rings is 1. The van der Waals surface area contributed by atoms with E-state index in [0.717, 1.165) is 18.2 Å². The molecule has 0 spiro atoms. The predicted molar refractivity (Wildman–Crippen MR) is 69.8 cm³/mol. The van der Waals surface area contributed by atoms with E-state index in [9.17, 15) is 13.2 Å². The average Bonchev–Trinajstić information content (AvgIpc) is 3.22. The molecule has 1 heterocycles. The van der Waals surface area contributed by atoms with Crippen LogP contribution in [0.15, 0.2) is 41.4 Å². The Morgan fingerprint density at radius 3 is 2.63 bits per heavy atom. The molecule has 1 aliphatic carbocycles. The highest BCUT2D eigenvalue weighted by Crippen LogP contribution is 2.29. The quantitative estimate of drug-likeness (QED) is 0.920. The Kier molecular flexibility index (Phi) is 2.74. The third-order valence-electron chi connectivity index (χ3n) is 3.03. The molecule has 1 aliphatic rings. The molecule has 98 valence electrons. The summed E-state index contributed by atoms with van der Waals surface area (Å²) >= 11 is 0. The van der Waals surface area contributed by atoms with Gasteiger partial charge in [-0.25, -0.2) is 9.71 Å². The third kappa shape index (κ3) is 2.44. The van der Waals surface area contributed by atoms with Gasteiger partial charge in [0.05, 0.1) is 5.52 Å². The van der Waals surface area contributed by atoms with E-state index in [2.05, 4.69) is 9.71 Å². The minimum absolute atomic E-state index is 0.125. The molecule has 0 bridgehead atoms. The molecule has 1 aromatic carbocycles. The van der Waals surface area contributed by atoms with Gasteiger partial charge in [-0.2, -0.15) is 8.42 Å². The first kappa shape index (κ1) is 12.1. The SMILES string of the molecule is O=C(NS(=O)(=O)c1ccc2ccccc2n1)C1CC1. The summed E-state index contributed by atoms with van der Waals surface area (Å²) in [4.78, 5) is 15.6. The molecule has 1 N–H and O–H groups in total. The van der Waals surface area contributed by atoms with Crippen LogP contribution >= 0.6 is 0 Å². The fourth-order valence-electron chi connectivity index (χ4n) is 1.81. The summed E-state index contributed by atoms with van der Waals surface area (Å²) in [5, 5.41) is 0.732. The average molecular weight is 276 g/mol. The van der Waals surface area contributed by atoms with Gasteiger partial charge in [-0.15, -0.1) is 0 Å². The zero-order valence-corrected chi connectivity index (χ0v) is 10.9. The molecule has 19 heavy (non-hydrogen) atoms. The smallest absolute Gasteiger partial charge is 0.274 e. The van der Waals surface area contributed by atoms with Gasteiger partial charge in [0.1, 0.15) is 0 Å². The van der Waals surface area contributed by atoms with Crippen molar-refractivity contribution in [3.8, 4) is 0 Å². The van der Waals surface area contributed by atoms with E-state index < -0.39 is 15.9 Å². The number of hydrogen-bond donors (Lipinski definition) is 1. The number of nitrogens with zero attached hydrogens (tertiary/aromatic N) is 1. The second-order valence-corrected chi connectivity index (χ2v) is 6.22. The van der Waals surface area contributed by atoms with Crippen molar-refractivity contribution >= 4 is 26.8 Å². The van der Waals surface area contributed by atoms with Gasteiger partial charge in [0.25, 0.3) is 10.0 Å². The Bertz CT molecular complexity index is 751. The summed E-state index contributed by atoms with van der Waals surface area (Å²) in [5.41, 5.74) is 0.587. The molecule has 1 fully saturated rings. The Morgan fingerprint density at radius 2 is 1.89 bits per heavy atom. The summed E-state index contributed by atoms with van der Waals surface area (Å²) in [5.74, 6) is -0.592. The van der Waals surface area contributed by atoms with Crippen molar-refractivity contribution in [1.82, 2.24) is 9.71 Å². The summed E-state index contributed by atoms with van der Waals surface area (Å²) in [6, 6.07) is 10.3. The van der Waals surface area contributed by atoms with Crippen LogP contribution in [0.3, 0.4) is 0 Å². The monoisotopic (exact) mass is 276 g/mol. The van der Waals surface area contributed by atoms with Crippen LogP contribution in [-0.2, 0) is 14.8 Å². The van der Waals surface area contributed by atoms with Crippen LogP contribution in [0.1, 0.15) is 12.8 Å². The molecule has 6 heteroatoms. The Balaban J connectivity index is 1.95. The molecule has 0 atom stereocenters. The van der Waals surface area contributed by atoms with E-state index in [1.165, 1.54) is 6.07 Å². The normalized spacial score (nSPS) is 15.4. The van der Waals surface area contributed by atoms with Crippen LogP contribution in [0, 0.1) is 5.92 Å². The molecule has 5 nitrogen and oxygen atoms in total. The number of carbonyl (C=O) groups excluding carboxylic acids is 1. The second kappa shape index (κ2) is 4.31. The zero-order valence-electron chi connectivity index (χ0n) is 10.0. The zero-order chi connectivity index (χ0) is 13.5. The van der Waals surface area contributed by atoms with Crippen LogP contribution in [0.4, 0.5) is 0 Å². The Labute approximate surface area is 110 Å². The predicted octanol–water partition coefficient (Wildman–Crippen LogP) is 1.45. The maximum Gasteiger partial charge on any atom is 0.281 e. The Morgan fingerprint density at radius 1 is 1.16 bits per heavy atom. The van der Waals surface area contributed by atoms with Crippen molar-refractivity contribution in [1.29, 1.82) is 0 Å². The van der Waals surface area contributed by atoms with Crippen molar-refractivity contribution in [3.05, 3.63) is 36.4 Å². The van der Waals surface area contributed by atoms with Gasteiger partial charge in [-0.1, -0.05) is 18.2 Å². The van der Waals surface area contributed by atoms with Crippen molar-refractivity contribution in [3.63, 3.8) is 0 Å². The van der Waals surface area contributed by atoms with Crippen LogP contribution in [0.2, 0.25) is 0 Å². The van der Waals surface area contributed by atoms with E-state index in [0.29, 0.717) is 5.52 Å². The summed E-state index contributed by atoms with van der Waals surface area (Å²) in [6.07, 6.45) is 1.51. The molecule has 0 unspecified atom stereocenters. The van der Waals surface area contributed by atoms with Gasteiger partial charge in [-0.05, 0) is 31.0 Å². The number of para-hydroxylation sites is 1. The third-order valence-corrected chi connectivity index (χ3v) is 4.28. The van der Waals surface area contributed by atoms with Gasteiger partial charge in [-0.3, -0.25) is 4.79 Å². The van der Waals surface area contributed by atoms with Crippen molar-refractivity contribution in [2.75, 3.05) is 0 Å². The number of carbonyl (C=O) groups is 1. The van der Waals surface area contributed by atoms with Gasteiger partial charge in [0.15, 0.2) is 5.03 Å². The lowest BCUT2D eigenvalue weighted by Gasteiger charge is -2.06. The maximum absolute atomic E-state index is 12.0. The molecular formula is C13H12N2O3S. The van der Waals surface area contributed by atoms with Crippen molar-refractivity contribution in [2.24, 2.45) is 5.92 Å². The number of hydrogen-bond acceptors (Lipinski definition) is 4. The first-order valence-corrected chi connectivity index (χ1v) is 7.47. The lowest BCUT2D eigenvalue weighted by Crippen LogP contribution is -2.32. The number of sulfonamides is 1. The molecule has 1 aromatic heterocycles. The number of nitrogens with one attached hydrogen (secondary N) is 1.